The van der Waals surface area contributed by atoms with Crippen LogP contribution in [0.15, 0.2) is 24.3 Å². The normalized spacial score (nSPS) is 13.8. The number of halogens is 3. The van der Waals surface area contributed by atoms with E-state index in [9.17, 15) is 18.3 Å². The first-order chi connectivity index (χ1) is 7.78. The van der Waals surface area contributed by atoms with E-state index in [1.807, 2.05) is 13.8 Å². The molecule has 1 aromatic rings. The van der Waals surface area contributed by atoms with E-state index >= 15 is 0 Å². The number of hydrogen-bond acceptors (Lipinski definition) is 3. The fourth-order valence-electron chi connectivity index (χ4n) is 1.26. The minimum Gasteiger partial charge on any atom is -0.406 e. The molecule has 0 aliphatic heterocycles. The summed E-state index contributed by atoms with van der Waals surface area (Å²) in [5.74, 6) is -0.307. The summed E-state index contributed by atoms with van der Waals surface area (Å²) in [7, 11) is 0. The molecule has 96 valence electrons. The van der Waals surface area contributed by atoms with Crippen LogP contribution in [0.4, 0.5) is 13.2 Å². The lowest BCUT2D eigenvalue weighted by Crippen LogP contribution is -2.27. The molecule has 0 aliphatic carbocycles. The van der Waals surface area contributed by atoms with E-state index in [2.05, 4.69) is 10.1 Å². The molecule has 0 bridgehead atoms. The van der Waals surface area contributed by atoms with Gasteiger partial charge in [0.05, 0.1) is 0 Å². The lowest BCUT2D eigenvalue weighted by atomic mass is 10.2. The van der Waals surface area contributed by atoms with Crippen LogP contribution in [0, 0.1) is 0 Å². The van der Waals surface area contributed by atoms with Gasteiger partial charge in [0.2, 0.25) is 0 Å². The van der Waals surface area contributed by atoms with Crippen molar-refractivity contribution in [1.29, 1.82) is 0 Å². The number of rotatable bonds is 4. The topological polar surface area (TPSA) is 41.5 Å². The third-order valence-corrected chi connectivity index (χ3v) is 1.92. The van der Waals surface area contributed by atoms with E-state index < -0.39 is 12.6 Å². The van der Waals surface area contributed by atoms with E-state index in [1.54, 1.807) is 0 Å². The minimum absolute atomic E-state index is 0.0658. The molecule has 0 fully saturated rings. The van der Waals surface area contributed by atoms with Gasteiger partial charge in [0.15, 0.2) is 0 Å². The second-order valence-corrected chi connectivity index (χ2v) is 3.84. The Labute approximate surface area is 97.2 Å². The SMILES string of the molecule is CC(C)NC(O)c1ccc(OC(F)(F)F)cc1. The average molecular weight is 249 g/mol. The van der Waals surface area contributed by atoms with Crippen molar-refractivity contribution >= 4 is 0 Å². The first-order valence-corrected chi connectivity index (χ1v) is 5.08. The maximum atomic E-state index is 11.9. The molecule has 0 radical (unpaired) electrons. The predicted octanol–water partition coefficient (Wildman–Crippen LogP) is 2.57. The van der Waals surface area contributed by atoms with E-state index in [-0.39, 0.29) is 11.8 Å². The molecular weight excluding hydrogens is 235 g/mol. The first-order valence-electron chi connectivity index (χ1n) is 5.08. The number of aliphatic hydroxyl groups is 1. The summed E-state index contributed by atoms with van der Waals surface area (Å²) in [6.07, 6.45) is -5.61. The van der Waals surface area contributed by atoms with Crippen molar-refractivity contribution in [3.8, 4) is 5.75 Å². The van der Waals surface area contributed by atoms with Crippen LogP contribution in [0.5, 0.6) is 5.75 Å². The summed E-state index contributed by atoms with van der Waals surface area (Å²) < 4.78 is 39.4. The molecule has 0 amide bonds. The molecule has 0 heterocycles. The number of hydrogen-bond donors (Lipinski definition) is 2. The highest BCUT2D eigenvalue weighted by Crippen LogP contribution is 2.23. The first kappa shape index (κ1) is 13.8. The van der Waals surface area contributed by atoms with Gasteiger partial charge in [0, 0.05) is 6.04 Å². The van der Waals surface area contributed by atoms with Crippen molar-refractivity contribution in [2.24, 2.45) is 0 Å². The third-order valence-electron chi connectivity index (χ3n) is 1.92. The van der Waals surface area contributed by atoms with E-state index in [0.717, 1.165) is 12.1 Å². The van der Waals surface area contributed by atoms with Gasteiger partial charge in [0.1, 0.15) is 12.0 Å². The monoisotopic (exact) mass is 249 g/mol. The van der Waals surface area contributed by atoms with Crippen molar-refractivity contribution < 1.29 is 23.0 Å². The zero-order chi connectivity index (χ0) is 13.1. The Bertz CT molecular complexity index is 349. The van der Waals surface area contributed by atoms with Gasteiger partial charge in [-0.2, -0.15) is 0 Å². The molecule has 0 aliphatic rings. The van der Waals surface area contributed by atoms with Gasteiger partial charge in [-0.25, -0.2) is 0 Å². The molecule has 1 rings (SSSR count). The largest absolute Gasteiger partial charge is 0.573 e. The molecule has 3 nitrogen and oxygen atoms in total. The standard InChI is InChI=1S/C11H14F3NO2/c1-7(2)15-10(16)8-3-5-9(6-4-8)17-11(12,13)14/h3-7,10,15-16H,1-2H3. The highest BCUT2D eigenvalue weighted by atomic mass is 19.4. The molecule has 2 N–H and O–H groups in total. The Balaban J connectivity index is 2.67. The lowest BCUT2D eigenvalue weighted by molar-refractivity contribution is -0.274. The number of aliphatic hydroxyl groups excluding tert-OH is 1. The van der Waals surface area contributed by atoms with Gasteiger partial charge in [-0.05, 0) is 31.5 Å². The van der Waals surface area contributed by atoms with Gasteiger partial charge in [-0.3, -0.25) is 5.32 Å². The Hall–Kier alpha value is -1.27. The van der Waals surface area contributed by atoms with Crippen molar-refractivity contribution in [2.45, 2.75) is 32.5 Å². The Morgan fingerprint density at radius 3 is 2.12 bits per heavy atom. The van der Waals surface area contributed by atoms with E-state index in [4.69, 9.17) is 0 Å². The molecule has 0 saturated heterocycles. The van der Waals surface area contributed by atoms with Crippen molar-refractivity contribution in [1.82, 2.24) is 5.32 Å². The number of nitrogens with one attached hydrogen (secondary N) is 1. The maximum Gasteiger partial charge on any atom is 0.573 e. The Morgan fingerprint density at radius 2 is 1.71 bits per heavy atom. The summed E-state index contributed by atoms with van der Waals surface area (Å²) in [6.45, 7) is 3.70. The number of ether oxygens (including phenoxy) is 1. The molecule has 1 unspecified atom stereocenters. The molecule has 6 heteroatoms. The van der Waals surface area contributed by atoms with Crippen LogP contribution in [0.25, 0.3) is 0 Å². The quantitative estimate of drug-likeness (QED) is 0.806. The lowest BCUT2D eigenvalue weighted by Gasteiger charge is -2.16. The zero-order valence-electron chi connectivity index (χ0n) is 9.45. The van der Waals surface area contributed by atoms with Gasteiger partial charge in [-0.1, -0.05) is 12.1 Å². The summed E-state index contributed by atoms with van der Waals surface area (Å²) in [4.78, 5) is 0. The Kier molecular flexibility index (Phi) is 4.36. The van der Waals surface area contributed by atoms with Crippen molar-refractivity contribution in [3.63, 3.8) is 0 Å². The molecule has 0 spiro atoms. The fraction of sp³-hybridized carbons (Fsp3) is 0.455. The van der Waals surface area contributed by atoms with Crippen LogP contribution in [0.2, 0.25) is 0 Å². The second-order valence-electron chi connectivity index (χ2n) is 3.84. The second kappa shape index (κ2) is 5.37. The van der Waals surface area contributed by atoms with Gasteiger partial charge >= 0.3 is 6.36 Å². The van der Waals surface area contributed by atoms with Crippen LogP contribution in [0.3, 0.4) is 0 Å². The zero-order valence-corrected chi connectivity index (χ0v) is 9.45. The van der Waals surface area contributed by atoms with E-state index in [1.165, 1.54) is 12.1 Å². The molecular formula is C11H14F3NO2. The smallest absolute Gasteiger partial charge is 0.406 e. The highest BCUT2D eigenvalue weighted by Gasteiger charge is 2.31. The number of benzene rings is 1. The van der Waals surface area contributed by atoms with Gasteiger partial charge in [0.25, 0.3) is 0 Å². The minimum atomic E-state index is -4.70. The maximum absolute atomic E-state index is 11.9. The van der Waals surface area contributed by atoms with Gasteiger partial charge < -0.3 is 9.84 Å². The fourth-order valence-corrected chi connectivity index (χ4v) is 1.26. The van der Waals surface area contributed by atoms with Crippen LogP contribution in [-0.4, -0.2) is 17.5 Å². The summed E-state index contributed by atoms with van der Waals surface area (Å²) in [5.41, 5.74) is 0.480. The average Bonchev–Trinajstić information content (AvgIpc) is 2.15. The van der Waals surface area contributed by atoms with Crippen LogP contribution in [0.1, 0.15) is 25.6 Å². The van der Waals surface area contributed by atoms with Gasteiger partial charge in [-0.15, -0.1) is 13.2 Å². The Morgan fingerprint density at radius 1 is 1.18 bits per heavy atom. The molecule has 17 heavy (non-hydrogen) atoms. The van der Waals surface area contributed by atoms with Crippen molar-refractivity contribution in [3.05, 3.63) is 29.8 Å². The molecule has 1 atom stereocenters. The summed E-state index contributed by atoms with van der Waals surface area (Å²) in [5, 5.41) is 12.5. The van der Waals surface area contributed by atoms with Crippen LogP contribution >= 0.6 is 0 Å². The summed E-state index contributed by atoms with van der Waals surface area (Å²) >= 11 is 0. The third kappa shape index (κ3) is 5.06. The molecule has 0 aromatic heterocycles. The predicted molar refractivity (Wildman–Crippen MR) is 56.4 cm³/mol. The molecule has 0 saturated carbocycles. The summed E-state index contributed by atoms with van der Waals surface area (Å²) in [6, 6.07) is 5.14. The number of alkyl halides is 3. The van der Waals surface area contributed by atoms with E-state index in [0.29, 0.717) is 5.56 Å². The van der Waals surface area contributed by atoms with Crippen LogP contribution in [-0.2, 0) is 0 Å². The van der Waals surface area contributed by atoms with Crippen LogP contribution < -0.4 is 10.1 Å². The van der Waals surface area contributed by atoms with Crippen molar-refractivity contribution in [2.75, 3.05) is 0 Å². The molecule has 1 aromatic carbocycles. The highest BCUT2D eigenvalue weighted by molar-refractivity contribution is 5.28.